The van der Waals surface area contributed by atoms with Crippen molar-refractivity contribution in [2.45, 2.75) is 43.5 Å². The molecule has 0 aromatic carbocycles. The number of nitrogens with one attached hydrogen (secondary N) is 2. The molecule has 2 unspecified atom stereocenters. The molecule has 1 aliphatic heterocycles. The second-order valence-electron chi connectivity index (χ2n) is 4.71. The summed E-state index contributed by atoms with van der Waals surface area (Å²) in [6.45, 7) is 3.34. The Morgan fingerprint density at radius 2 is 2.21 bits per heavy atom. The summed E-state index contributed by atoms with van der Waals surface area (Å²) in [5.74, 6) is 0.618. The Morgan fingerprint density at radius 3 is 2.89 bits per heavy atom. The molecule has 0 amide bonds. The minimum Gasteiger partial charge on any atom is -0.447 e. The van der Waals surface area contributed by atoms with Crippen LogP contribution in [-0.4, -0.2) is 34.2 Å². The normalized spacial score (nSPS) is 24.5. The van der Waals surface area contributed by atoms with E-state index < -0.39 is 10.0 Å². The molecular formula is C12H20N2O4S. The third-order valence-corrected chi connectivity index (χ3v) is 4.51. The molecule has 0 saturated carbocycles. The van der Waals surface area contributed by atoms with E-state index in [4.69, 9.17) is 9.15 Å². The van der Waals surface area contributed by atoms with E-state index in [0.717, 1.165) is 19.4 Å². The van der Waals surface area contributed by atoms with Gasteiger partial charge in [-0.25, -0.2) is 13.1 Å². The molecule has 0 aliphatic carbocycles. The van der Waals surface area contributed by atoms with Gasteiger partial charge in [0.1, 0.15) is 5.76 Å². The van der Waals surface area contributed by atoms with E-state index in [9.17, 15) is 8.42 Å². The third-order valence-electron chi connectivity index (χ3n) is 3.22. The SMILES string of the molecule is CNS(=O)(=O)c1ccc(CNC2CCOC(C)C2)o1. The monoisotopic (exact) mass is 288 g/mol. The standard InChI is InChI=1S/C12H20N2O4S/c1-9-7-10(5-6-17-9)14-8-11-3-4-12(18-11)19(15,16)13-2/h3-4,9-10,13-14H,5-8H2,1-2H3. The summed E-state index contributed by atoms with van der Waals surface area (Å²) >= 11 is 0. The zero-order chi connectivity index (χ0) is 13.9. The Morgan fingerprint density at radius 1 is 1.42 bits per heavy atom. The highest BCUT2D eigenvalue weighted by Crippen LogP contribution is 2.16. The molecule has 1 aromatic rings. The Labute approximate surface area is 113 Å². The van der Waals surface area contributed by atoms with Crippen LogP contribution in [0, 0.1) is 0 Å². The minimum atomic E-state index is -3.49. The highest BCUT2D eigenvalue weighted by Gasteiger charge is 2.20. The summed E-state index contributed by atoms with van der Waals surface area (Å²) in [6, 6.07) is 3.54. The maximum absolute atomic E-state index is 11.5. The van der Waals surface area contributed by atoms with Gasteiger partial charge >= 0.3 is 0 Å². The fraction of sp³-hybridized carbons (Fsp3) is 0.667. The van der Waals surface area contributed by atoms with Gasteiger partial charge in [0.2, 0.25) is 5.09 Å². The second kappa shape index (κ2) is 6.04. The van der Waals surface area contributed by atoms with Crippen molar-refractivity contribution in [2.24, 2.45) is 0 Å². The van der Waals surface area contributed by atoms with Crippen molar-refractivity contribution < 1.29 is 17.6 Å². The van der Waals surface area contributed by atoms with Gasteiger partial charge in [0, 0.05) is 12.6 Å². The van der Waals surface area contributed by atoms with Gasteiger partial charge in [0.25, 0.3) is 10.0 Å². The quantitative estimate of drug-likeness (QED) is 0.839. The molecule has 2 rings (SSSR count). The Balaban J connectivity index is 1.90. The van der Waals surface area contributed by atoms with Gasteiger partial charge in [0.15, 0.2) is 0 Å². The van der Waals surface area contributed by atoms with Crippen molar-refractivity contribution in [3.8, 4) is 0 Å². The maximum atomic E-state index is 11.5. The lowest BCUT2D eigenvalue weighted by Gasteiger charge is -2.27. The van der Waals surface area contributed by atoms with Crippen LogP contribution in [0.4, 0.5) is 0 Å². The predicted octanol–water partition coefficient (Wildman–Crippen LogP) is 0.845. The fourth-order valence-electron chi connectivity index (χ4n) is 2.13. The van der Waals surface area contributed by atoms with E-state index in [-0.39, 0.29) is 11.2 Å². The molecule has 1 fully saturated rings. The predicted molar refractivity (Wildman–Crippen MR) is 70.2 cm³/mol. The molecule has 2 N–H and O–H groups in total. The molecule has 1 aromatic heterocycles. The fourth-order valence-corrected chi connectivity index (χ4v) is 2.79. The molecule has 0 spiro atoms. The van der Waals surface area contributed by atoms with Crippen molar-refractivity contribution in [2.75, 3.05) is 13.7 Å². The van der Waals surface area contributed by atoms with Gasteiger partial charge in [-0.3, -0.25) is 0 Å². The molecule has 1 saturated heterocycles. The zero-order valence-electron chi connectivity index (χ0n) is 11.2. The average Bonchev–Trinajstić information content (AvgIpc) is 2.86. The van der Waals surface area contributed by atoms with Crippen LogP contribution in [0.5, 0.6) is 0 Å². The number of furan rings is 1. The smallest absolute Gasteiger partial charge is 0.273 e. The first-order valence-corrected chi connectivity index (χ1v) is 7.87. The van der Waals surface area contributed by atoms with Crippen LogP contribution in [0.25, 0.3) is 0 Å². The van der Waals surface area contributed by atoms with Gasteiger partial charge in [-0.05, 0) is 38.9 Å². The van der Waals surface area contributed by atoms with Gasteiger partial charge in [-0.1, -0.05) is 0 Å². The van der Waals surface area contributed by atoms with E-state index in [1.807, 2.05) is 0 Å². The largest absolute Gasteiger partial charge is 0.447 e. The molecule has 6 nitrogen and oxygen atoms in total. The summed E-state index contributed by atoms with van der Waals surface area (Å²) < 4.78 is 36.1. The van der Waals surface area contributed by atoms with Gasteiger partial charge < -0.3 is 14.5 Å². The molecule has 0 radical (unpaired) electrons. The number of sulfonamides is 1. The summed E-state index contributed by atoms with van der Waals surface area (Å²) in [6.07, 6.45) is 2.19. The highest BCUT2D eigenvalue weighted by molar-refractivity contribution is 7.89. The summed E-state index contributed by atoms with van der Waals surface area (Å²) in [4.78, 5) is 0. The Bertz CT molecular complexity index is 512. The van der Waals surface area contributed by atoms with E-state index in [0.29, 0.717) is 18.3 Å². The maximum Gasteiger partial charge on any atom is 0.273 e. The van der Waals surface area contributed by atoms with Crippen LogP contribution in [0.2, 0.25) is 0 Å². The van der Waals surface area contributed by atoms with Crippen LogP contribution in [0.1, 0.15) is 25.5 Å². The minimum absolute atomic E-state index is 0.0489. The third kappa shape index (κ3) is 3.79. The lowest BCUT2D eigenvalue weighted by atomic mass is 10.0. The molecule has 108 valence electrons. The first kappa shape index (κ1) is 14.5. The van der Waals surface area contributed by atoms with E-state index in [1.54, 1.807) is 6.07 Å². The van der Waals surface area contributed by atoms with Gasteiger partial charge in [-0.2, -0.15) is 0 Å². The Hall–Kier alpha value is -0.890. The van der Waals surface area contributed by atoms with Crippen LogP contribution < -0.4 is 10.0 Å². The van der Waals surface area contributed by atoms with E-state index in [1.165, 1.54) is 13.1 Å². The topological polar surface area (TPSA) is 80.6 Å². The summed E-state index contributed by atoms with van der Waals surface area (Å²) in [5.41, 5.74) is 0. The molecule has 7 heteroatoms. The van der Waals surface area contributed by atoms with E-state index >= 15 is 0 Å². The number of rotatable bonds is 5. The number of hydrogen-bond acceptors (Lipinski definition) is 5. The van der Waals surface area contributed by atoms with Crippen molar-refractivity contribution >= 4 is 10.0 Å². The summed E-state index contributed by atoms with van der Waals surface area (Å²) in [7, 11) is -2.13. The second-order valence-corrected chi connectivity index (χ2v) is 6.53. The van der Waals surface area contributed by atoms with Crippen LogP contribution in [-0.2, 0) is 21.3 Å². The molecule has 1 aliphatic rings. The van der Waals surface area contributed by atoms with Crippen LogP contribution in [0.15, 0.2) is 21.6 Å². The summed E-state index contributed by atoms with van der Waals surface area (Å²) in [5, 5.41) is 3.31. The first-order chi connectivity index (χ1) is 9.01. The average molecular weight is 288 g/mol. The molecular weight excluding hydrogens is 268 g/mol. The molecule has 2 heterocycles. The van der Waals surface area contributed by atoms with Crippen LogP contribution in [0.3, 0.4) is 0 Å². The molecule has 2 atom stereocenters. The van der Waals surface area contributed by atoms with Crippen molar-refractivity contribution in [1.82, 2.24) is 10.0 Å². The number of ether oxygens (including phenoxy) is 1. The van der Waals surface area contributed by atoms with Crippen molar-refractivity contribution in [1.29, 1.82) is 0 Å². The first-order valence-electron chi connectivity index (χ1n) is 6.38. The van der Waals surface area contributed by atoms with E-state index in [2.05, 4.69) is 17.0 Å². The highest BCUT2D eigenvalue weighted by atomic mass is 32.2. The lowest BCUT2D eigenvalue weighted by molar-refractivity contribution is 0.0127. The molecule has 0 bridgehead atoms. The zero-order valence-corrected chi connectivity index (χ0v) is 12.0. The Kier molecular flexibility index (Phi) is 4.62. The number of hydrogen-bond donors (Lipinski definition) is 2. The lowest BCUT2D eigenvalue weighted by Crippen LogP contribution is -2.37. The van der Waals surface area contributed by atoms with Crippen LogP contribution >= 0.6 is 0 Å². The molecule has 19 heavy (non-hydrogen) atoms. The van der Waals surface area contributed by atoms with Gasteiger partial charge in [-0.15, -0.1) is 0 Å². The van der Waals surface area contributed by atoms with Gasteiger partial charge in [0.05, 0.1) is 12.6 Å². The van der Waals surface area contributed by atoms with Crippen molar-refractivity contribution in [3.63, 3.8) is 0 Å². The van der Waals surface area contributed by atoms with Crippen molar-refractivity contribution in [3.05, 3.63) is 17.9 Å².